The zero-order valence-corrected chi connectivity index (χ0v) is 9.21. The van der Waals surface area contributed by atoms with Gasteiger partial charge in [-0.25, -0.2) is 0 Å². The molecule has 1 aromatic carbocycles. The monoisotopic (exact) mass is 237 g/mol. The molecule has 0 aromatic heterocycles. The Labute approximate surface area is 97.3 Å². The van der Waals surface area contributed by atoms with Gasteiger partial charge in [0.25, 0.3) is 5.69 Å². The number of hydrogen-bond donors (Lipinski definition) is 0. The molecule has 0 amide bonds. The van der Waals surface area contributed by atoms with Crippen molar-refractivity contribution in [3.05, 3.63) is 39.9 Å². The quantitative estimate of drug-likeness (QED) is 0.336. The molecule has 1 rings (SSSR count). The lowest BCUT2D eigenvalue weighted by Gasteiger charge is -2.03. The average Bonchev–Trinajstić information content (AvgIpc) is 2.26. The summed E-state index contributed by atoms with van der Waals surface area (Å²) in [6.45, 7) is 1.21. The SMILES string of the molecule is CC(=O)CC(=O)OCc1cccc([N+](=O)[O-])c1. The van der Waals surface area contributed by atoms with E-state index in [-0.39, 0.29) is 24.5 Å². The number of carbonyl (C=O) groups excluding carboxylic acids is 2. The maximum atomic E-state index is 11.1. The van der Waals surface area contributed by atoms with Crippen molar-refractivity contribution >= 4 is 17.4 Å². The third-order valence-corrected chi connectivity index (χ3v) is 1.91. The fourth-order valence-corrected chi connectivity index (χ4v) is 1.18. The zero-order valence-electron chi connectivity index (χ0n) is 9.21. The van der Waals surface area contributed by atoms with Crippen molar-refractivity contribution in [2.45, 2.75) is 20.0 Å². The Balaban J connectivity index is 2.57. The summed E-state index contributed by atoms with van der Waals surface area (Å²) in [4.78, 5) is 31.7. The van der Waals surface area contributed by atoms with Gasteiger partial charge in [-0.1, -0.05) is 12.1 Å². The molecule has 0 unspecified atom stereocenters. The van der Waals surface area contributed by atoms with Crippen molar-refractivity contribution in [3.63, 3.8) is 0 Å². The first kappa shape index (κ1) is 12.8. The highest BCUT2D eigenvalue weighted by atomic mass is 16.6. The van der Waals surface area contributed by atoms with Crippen LogP contribution in [0.4, 0.5) is 5.69 Å². The molecule has 0 atom stereocenters. The molecule has 0 heterocycles. The van der Waals surface area contributed by atoms with Crippen molar-refractivity contribution < 1.29 is 19.2 Å². The van der Waals surface area contributed by atoms with Crippen LogP contribution in [0.3, 0.4) is 0 Å². The highest BCUT2D eigenvalue weighted by molar-refractivity contribution is 5.94. The van der Waals surface area contributed by atoms with E-state index in [0.29, 0.717) is 5.56 Å². The van der Waals surface area contributed by atoms with E-state index in [4.69, 9.17) is 4.74 Å². The van der Waals surface area contributed by atoms with E-state index in [1.165, 1.54) is 25.1 Å². The number of rotatable bonds is 5. The predicted octanol–water partition coefficient (Wildman–Crippen LogP) is 1.62. The van der Waals surface area contributed by atoms with Gasteiger partial charge in [-0.2, -0.15) is 0 Å². The topological polar surface area (TPSA) is 86.5 Å². The second-order valence-electron chi connectivity index (χ2n) is 3.47. The molecular formula is C11H11NO5. The van der Waals surface area contributed by atoms with Crippen molar-refractivity contribution in [2.24, 2.45) is 0 Å². The van der Waals surface area contributed by atoms with Gasteiger partial charge >= 0.3 is 5.97 Å². The van der Waals surface area contributed by atoms with E-state index in [1.54, 1.807) is 6.07 Å². The van der Waals surface area contributed by atoms with Gasteiger partial charge in [0.15, 0.2) is 0 Å². The first-order valence-corrected chi connectivity index (χ1v) is 4.87. The maximum Gasteiger partial charge on any atom is 0.313 e. The number of nitrogens with zero attached hydrogens (tertiary/aromatic N) is 1. The van der Waals surface area contributed by atoms with Crippen LogP contribution in [-0.4, -0.2) is 16.7 Å². The second-order valence-corrected chi connectivity index (χ2v) is 3.47. The largest absolute Gasteiger partial charge is 0.460 e. The summed E-state index contributed by atoms with van der Waals surface area (Å²) in [7, 11) is 0. The maximum absolute atomic E-state index is 11.1. The van der Waals surface area contributed by atoms with E-state index in [1.807, 2.05) is 0 Å². The number of ketones is 1. The number of hydrogen-bond acceptors (Lipinski definition) is 5. The van der Waals surface area contributed by atoms with Crippen LogP contribution in [0.25, 0.3) is 0 Å². The van der Waals surface area contributed by atoms with E-state index < -0.39 is 10.9 Å². The molecule has 0 aliphatic rings. The van der Waals surface area contributed by atoms with Crippen LogP contribution in [0, 0.1) is 10.1 Å². The molecule has 6 heteroatoms. The molecule has 0 aliphatic carbocycles. The Morgan fingerprint density at radius 3 is 2.71 bits per heavy atom. The first-order chi connectivity index (χ1) is 7.99. The third kappa shape index (κ3) is 4.42. The Morgan fingerprint density at radius 1 is 1.41 bits per heavy atom. The number of esters is 1. The van der Waals surface area contributed by atoms with Crippen LogP contribution >= 0.6 is 0 Å². The lowest BCUT2D eigenvalue weighted by atomic mass is 10.2. The van der Waals surface area contributed by atoms with E-state index in [9.17, 15) is 19.7 Å². The number of nitro groups is 1. The number of benzene rings is 1. The van der Waals surface area contributed by atoms with Crippen LogP contribution in [0.2, 0.25) is 0 Å². The van der Waals surface area contributed by atoms with Gasteiger partial charge in [0.1, 0.15) is 18.8 Å². The molecule has 90 valence electrons. The predicted molar refractivity (Wildman–Crippen MR) is 58.2 cm³/mol. The molecule has 0 saturated carbocycles. The minimum Gasteiger partial charge on any atom is -0.460 e. The van der Waals surface area contributed by atoms with E-state index >= 15 is 0 Å². The molecular weight excluding hydrogens is 226 g/mol. The first-order valence-electron chi connectivity index (χ1n) is 4.87. The Kier molecular flexibility index (Phi) is 4.33. The van der Waals surface area contributed by atoms with Crippen LogP contribution in [0.5, 0.6) is 0 Å². The molecule has 0 aliphatic heterocycles. The van der Waals surface area contributed by atoms with Crippen LogP contribution < -0.4 is 0 Å². The van der Waals surface area contributed by atoms with Crippen molar-refractivity contribution in [2.75, 3.05) is 0 Å². The summed E-state index contributed by atoms with van der Waals surface area (Å²) < 4.78 is 4.79. The Bertz CT molecular complexity index is 455. The van der Waals surface area contributed by atoms with Crippen molar-refractivity contribution in [1.29, 1.82) is 0 Å². The molecule has 0 N–H and O–H groups in total. The summed E-state index contributed by atoms with van der Waals surface area (Å²) in [6, 6.07) is 5.78. The molecule has 6 nitrogen and oxygen atoms in total. The Morgan fingerprint density at radius 2 is 2.12 bits per heavy atom. The van der Waals surface area contributed by atoms with Crippen LogP contribution in [0.15, 0.2) is 24.3 Å². The lowest BCUT2D eigenvalue weighted by molar-refractivity contribution is -0.384. The van der Waals surface area contributed by atoms with Crippen molar-refractivity contribution in [3.8, 4) is 0 Å². The van der Waals surface area contributed by atoms with Gasteiger partial charge in [-0.05, 0) is 12.5 Å². The van der Waals surface area contributed by atoms with Gasteiger partial charge in [-0.15, -0.1) is 0 Å². The number of ether oxygens (including phenoxy) is 1. The molecule has 0 saturated heterocycles. The molecule has 17 heavy (non-hydrogen) atoms. The third-order valence-electron chi connectivity index (χ3n) is 1.91. The van der Waals surface area contributed by atoms with Gasteiger partial charge in [0, 0.05) is 12.1 Å². The summed E-state index contributed by atoms with van der Waals surface area (Å²) >= 11 is 0. The highest BCUT2D eigenvalue weighted by Crippen LogP contribution is 2.13. The summed E-state index contributed by atoms with van der Waals surface area (Å²) in [5.74, 6) is -0.918. The minimum absolute atomic E-state index is 0.0647. The number of Topliss-reactive ketones (excluding diaryl/α,β-unsaturated/α-hetero) is 1. The number of nitro benzene ring substituents is 1. The normalized spacial score (nSPS) is 9.71. The van der Waals surface area contributed by atoms with Gasteiger partial charge in [0.2, 0.25) is 0 Å². The smallest absolute Gasteiger partial charge is 0.313 e. The highest BCUT2D eigenvalue weighted by Gasteiger charge is 2.09. The van der Waals surface area contributed by atoms with E-state index in [2.05, 4.69) is 0 Å². The zero-order chi connectivity index (χ0) is 12.8. The van der Waals surface area contributed by atoms with Crippen LogP contribution in [-0.2, 0) is 20.9 Å². The molecule has 1 aromatic rings. The minimum atomic E-state index is -0.635. The van der Waals surface area contributed by atoms with Crippen molar-refractivity contribution in [1.82, 2.24) is 0 Å². The Hall–Kier alpha value is -2.24. The second kappa shape index (κ2) is 5.74. The fraction of sp³-hybridized carbons (Fsp3) is 0.273. The summed E-state index contributed by atoms with van der Waals surface area (Å²) in [5.41, 5.74) is 0.446. The van der Waals surface area contributed by atoms with Gasteiger partial charge in [-0.3, -0.25) is 19.7 Å². The fourth-order valence-electron chi connectivity index (χ4n) is 1.18. The van der Waals surface area contributed by atoms with Gasteiger partial charge < -0.3 is 4.74 Å². The lowest BCUT2D eigenvalue weighted by Crippen LogP contribution is -2.08. The standard InChI is InChI=1S/C11H11NO5/c1-8(13)5-11(14)17-7-9-3-2-4-10(6-9)12(15)16/h2-4,6H,5,7H2,1H3. The molecule has 0 bridgehead atoms. The molecule has 0 radical (unpaired) electrons. The number of non-ortho nitro benzene ring substituents is 1. The van der Waals surface area contributed by atoms with Gasteiger partial charge in [0.05, 0.1) is 4.92 Å². The van der Waals surface area contributed by atoms with Crippen LogP contribution in [0.1, 0.15) is 18.9 Å². The molecule has 0 fully saturated rings. The molecule has 0 spiro atoms. The average molecular weight is 237 g/mol. The number of carbonyl (C=O) groups is 2. The van der Waals surface area contributed by atoms with E-state index in [0.717, 1.165) is 0 Å². The summed E-state index contributed by atoms with van der Waals surface area (Å²) in [6.07, 6.45) is -0.283. The summed E-state index contributed by atoms with van der Waals surface area (Å²) in [5, 5.41) is 10.5.